The second-order valence-corrected chi connectivity index (χ2v) is 30.7. The highest BCUT2D eigenvalue weighted by atomic mass is 32.1. The molecule has 0 saturated heterocycles. The van der Waals surface area contributed by atoms with Crippen molar-refractivity contribution in [3.05, 3.63) is 419 Å². The molecule has 5 nitrogen and oxygen atoms in total. The van der Waals surface area contributed by atoms with Crippen LogP contribution >= 0.6 is 11.3 Å². The summed E-state index contributed by atoms with van der Waals surface area (Å²) in [7, 11) is 2.20. The number of benzene rings is 18. The predicted molar refractivity (Wildman–Crippen MR) is 489 cm³/mol. The van der Waals surface area contributed by atoms with Crippen LogP contribution in [-0.4, -0.2) is 18.3 Å². The first-order valence-electron chi connectivity index (χ1n) is 39.4. The van der Waals surface area contributed by atoms with E-state index in [1.807, 2.05) is 11.3 Å². The van der Waals surface area contributed by atoms with Crippen LogP contribution in [0.5, 0.6) is 0 Å². The van der Waals surface area contributed by atoms with Crippen LogP contribution in [0.4, 0.5) is 0 Å². The van der Waals surface area contributed by atoms with Gasteiger partial charge >= 0.3 is 0 Å². The van der Waals surface area contributed by atoms with E-state index in [9.17, 15) is 0 Å². The Labute approximate surface area is 668 Å². The molecule has 0 aliphatic heterocycles. The van der Waals surface area contributed by atoms with E-state index in [0.717, 1.165) is 34.1 Å². The van der Waals surface area contributed by atoms with Gasteiger partial charge in [0.05, 0.1) is 38.8 Å². The molecule has 540 valence electrons. The Hall–Kier alpha value is -14.8. The molecule has 6 aromatic heterocycles. The smallest absolute Gasteiger partial charge is 0.205 e. The molecule has 0 aliphatic carbocycles. The zero-order valence-electron chi connectivity index (χ0n) is 62.9. The summed E-state index contributed by atoms with van der Waals surface area (Å²) in [6.07, 6.45) is 0. The van der Waals surface area contributed by atoms with Gasteiger partial charge in [-0.3, -0.25) is 9.13 Å². The van der Waals surface area contributed by atoms with Gasteiger partial charge in [0.2, 0.25) is 5.88 Å². The van der Waals surface area contributed by atoms with Gasteiger partial charge in [-0.15, -0.1) is 11.3 Å². The first kappa shape index (κ1) is 67.1. The fourth-order valence-corrected chi connectivity index (χ4v) is 19.7. The molecule has 0 amide bonds. The molecule has 18 aromatic carbocycles. The minimum Gasteiger partial charge on any atom is -0.440 e. The number of hydrogen-bond donors (Lipinski definition) is 0. The maximum Gasteiger partial charge on any atom is 0.205 e. The molecule has 0 saturated carbocycles. The molecule has 0 atom stereocenters. The van der Waals surface area contributed by atoms with E-state index < -0.39 is 0 Å². The summed E-state index contributed by atoms with van der Waals surface area (Å²) < 4.78 is 16.2. The van der Waals surface area contributed by atoms with Gasteiger partial charge in [-0.05, 0) is 165 Å². The predicted octanol–water partition coefficient (Wildman–Crippen LogP) is 30.3. The number of rotatable bonds is 9. The van der Waals surface area contributed by atoms with Crippen molar-refractivity contribution in [2.24, 2.45) is 7.05 Å². The van der Waals surface area contributed by atoms with E-state index in [1.165, 1.54) is 179 Å². The van der Waals surface area contributed by atoms with E-state index in [0.29, 0.717) is 0 Å². The molecular weight excluding hydrogens is 1410 g/mol. The Morgan fingerprint density at radius 1 is 0.200 bits per heavy atom. The van der Waals surface area contributed by atoms with Crippen LogP contribution in [0.25, 0.3) is 213 Å². The maximum absolute atomic E-state index is 6.76. The first-order valence-corrected chi connectivity index (χ1v) is 40.2. The lowest BCUT2D eigenvalue weighted by atomic mass is 9.87. The number of furan rings is 1. The van der Waals surface area contributed by atoms with Crippen molar-refractivity contribution in [3.63, 3.8) is 0 Å². The van der Waals surface area contributed by atoms with Crippen molar-refractivity contribution in [1.82, 2.24) is 18.3 Å². The van der Waals surface area contributed by atoms with E-state index in [2.05, 4.69) is 444 Å². The summed E-state index contributed by atoms with van der Waals surface area (Å²) in [6.45, 7) is 0. The maximum atomic E-state index is 6.76. The van der Waals surface area contributed by atoms with Crippen molar-refractivity contribution >= 4 is 141 Å². The topological polar surface area (TPSA) is 32.9 Å². The zero-order chi connectivity index (χ0) is 76.0. The second-order valence-electron chi connectivity index (χ2n) is 29.6. The number of para-hydroxylation sites is 6. The number of thiophene rings is 1. The monoisotopic (exact) mass is 1480 g/mol. The normalized spacial score (nSPS) is 11.7. The van der Waals surface area contributed by atoms with Gasteiger partial charge in [-0.2, -0.15) is 0 Å². The lowest BCUT2D eigenvalue weighted by Crippen LogP contribution is -2.03. The van der Waals surface area contributed by atoms with Gasteiger partial charge in [0, 0.05) is 67.0 Å². The van der Waals surface area contributed by atoms with Gasteiger partial charge in [-0.25, -0.2) is 0 Å². The van der Waals surface area contributed by atoms with Crippen LogP contribution in [0.2, 0.25) is 0 Å². The Bertz CT molecular complexity index is 7280. The summed E-state index contributed by atoms with van der Waals surface area (Å²) in [5, 5.41) is 23.9. The number of nitrogens with zero attached hydrogens (tertiary/aromatic N) is 4. The van der Waals surface area contributed by atoms with Crippen LogP contribution in [0, 0.1) is 0 Å². The third-order valence-corrected chi connectivity index (χ3v) is 24.5. The molecule has 24 rings (SSSR count). The summed E-state index contributed by atoms with van der Waals surface area (Å²) in [6, 6.07) is 150. The van der Waals surface area contributed by atoms with Gasteiger partial charge in [0.15, 0.2) is 0 Å². The molecule has 0 N–H and O–H groups in total. The third kappa shape index (κ3) is 11.0. The highest BCUT2D eigenvalue weighted by Crippen LogP contribution is 2.50. The van der Waals surface area contributed by atoms with Crippen molar-refractivity contribution < 1.29 is 4.42 Å². The summed E-state index contributed by atoms with van der Waals surface area (Å²) in [4.78, 5) is 1.29. The van der Waals surface area contributed by atoms with Crippen LogP contribution in [0.1, 0.15) is 0 Å². The number of aromatic nitrogens is 4. The molecule has 0 aliphatic rings. The van der Waals surface area contributed by atoms with E-state index in [4.69, 9.17) is 4.42 Å². The minimum atomic E-state index is 0.817. The van der Waals surface area contributed by atoms with Crippen LogP contribution in [0.3, 0.4) is 0 Å². The van der Waals surface area contributed by atoms with Crippen molar-refractivity contribution in [3.8, 4) is 83.1 Å². The van der Waals surface area contributed by atoms with Gasteiger partial charge < -0.3 is 13.6 Å². The highest BCUT2D eigenvalue weighted by molar-refractivity contribution is 7.18. The van der Waals surface area contributed by atoms with E-state index in [1.54, 1.807) is 0 Å². The second kappa shape index (κ2) is 27.9. The number of fused-ring (bicyclic) bond motifs is 15. The van der Waals surface area contributed by atoms with Gasteiger partial charge in [0.25, 0.3) is 0 Å². The average molecular weight is 1490 g/mol. The summed E-state index contributed by atoms with van der Waals surface area (Å²) >= 11 is 1.87. The zero-order valence-corrected chi connectivity index (χ0v) is 63.8. The van der Waals surface area contributed by atoms with Crippen LogP contribution < -0.4 is 0 Å². The Kier molecular flexibility index (Phi) is 16.3. The lowest BCUT2D eigenvalue weighted by Gasteiger charge is -2.18. The third-order valence-electron chi connectivity index (χ3n) is 23.4. The highest BCUT2D eigenvalue weighted by Gasteiger charge is 2.25. The summed E-state index contributed by atoms with van der Waals surface area (Å²) in [5.41, 5.74) is 19.7. The van der Waals surface area contributed by atoms with Crippen molar-refractivity contribution in [2.75, 3.05) is 0 Å². The Morgan fingerprint density at radius 3 is 0.809 bits per heavy atom. The van der Waals surface area contributed by atoms with Gasteiger partial charge in [0.1, 0.15) is 16.6 Å². The van der Waals surface area contributed by atoms with Crippen molar-refractivity contribution in [2.45, 2.75) is 0 Å². The minimum absolute atomic E-state index is 0.817. The van der Waals surface area contributed by atoms with Crippen LogP contribution in [0.15, 0.2) is 423 Å². The molecule has 0 unspecified atom stereocenters. The molecule has 115 heavy (non-hydrogen) atoms. The molecule has 6 heteroatoms. The number of hydrogen-bond acceptors (Lipinski definition) is 2. The molecule has 0 radical (unpaired) electrons. The molecule has 24 aromatic rings. The molecule has 6 heterocycles. The largest absolute Gasteiger partial charge is 0.440 e. The van der Waals surface area contributed by atoms with E-state index in [-0.39, 0.29) is 0 Å². The standard InChI is InChI=1S/C37H26N2.C36H23NO.C36H23NS/c1-38-34(23-24-35(38)39-32-21-11-9-15-26(32)27-16-10-12-22-33(27)39)37-30-19-7-5-17-28(30)36(25-13-3-2-4-14-25)29-18-6-8-20-31(29)37;2*1-2-12-24(13-3-1)35-27-16-4-6-18-29(27)36(30-19-7-5-17-28(30)35)33-22-23-34(38-33)37-31-20-10-8-14-25(31)26-15-9-11-21-32(26)37/h2-24H,1H3;2*1-23H. The first-order chi connectivity index (χ1) is 57.1. The Balaban J connectivity index is 0.000000105. The molecule has 0 fully saturated rings. The fourth-order valence-electron chi connectivity index (χ4n) is 18.6. The molecular formula is C109H72N4OS. The average Bonchev–Trinajstić information content (AvgIpc) is 1.72. The van der Waals surface area contributed by atoms with Crippen LogP contribution in [-0.2, 0) is 7.05 Å². The quantitative estimate of drug-likeness (QED) is 0.133. The SMILES string of the molecule is Cn1c(-c2c3ccccc3c(-c3ccccc3)c3ccccc23)ccc1-n1c2ccccc2c2ccccc21.c1ccc(-c2c3ccccc3c(-c3ccc(-n4c5ccccc5c5ccccc54)o3)c3ccccc23)cc1.c1ccc(-c2c3ccccc3c(-c3ccc(-n4c5ccccc5c5ccccc54)s3)c3ccccc23)cc1. The van der Waals surface area contributed by atoms with Gasteiger partial charge in [-0.1, -0.05) is 346 Å². The Morgan fingerprint density at radius 2 is 0.470 bits per heavy atom. The fraction of sp³-hybridized carbons (Fsp3) is 0.00917. The molecule has 0 bridgehead atoms. The lowest BCUT2D eigenvalue weighted by molar-refractivity contribution is 0.561. The molecule has 0 spiro atoms. The summed E-state index contributed by atoms with van der Waals surface area (Å²) in [5.74, 6) is 2.84. The van der Waals surface area contributed by atoms with E-state index >= 15 is 0 Å². The van der Waals surface area contributed by atoms with Crippen molar-refractivity contribution in [1.29, 1.82) is 0 Å².